The molecule has 1 aromatic rings. The van der Waals surface area contributed by atoms with Gasteiger partial charge in [-0.2, -0.15) is 0 Å². The normalized spacial score (nSPS) is 12.3. The molecule has 0 saturated heterocycles. The van der Waals surface area contributed by atoms with Crippen LogP contribution in [0.3, 0.4) is 0 Å². The van der Waals surface area contributed by atoms with Crippen LogP contribution in [-0.2, 0) is 4.79 Å². The fourth-order valence-corrected chi connectivity index (χ4v) is 2.08. The summed E-state index contributed by atoms with van der Waals surface area (Å²) in [6, 6.07) is 6.21. The number of unbranched alkanes of at least 4 members (excludes halogenated alkanes) is 2. The minimum Gasteiger partial charge on any atom is -0.481 e. The summed E-state index contributed by atoms with van der Waals surface area (Å²) in [5, 5.41) is 2.93. The second-order valence-electron chi connectivity index (χ2n) is 5.94. The van der Waals surface area contributed by atoms with Gasteiger partial charge in [0.1, 0.15) is 5.75 Å². The molecule has 21 heavy (non-hydrogen) atoms. The van der Waals surface area contributed by atoms with Crippen LogP contribution in [-0.4, -0.2) is 18.6 Å². The Labute approximate surface area is 129 Å². The van der Waals surface area contributed by atoms with Crippen molar-refractivity contribution in [2.24, 2.45) is 0 Å². The van der Waals surface area contributed by atoms with Crippen LogP contribution in [0.5, 0.6) is 5.75 Å². The molecule has 0 fully saturated rings. The third-order valence-corrected chi connectivity index (χ3v) is 3.63. The van der Waals surface area contributed by atoms with Gasteiger partial charge in [0.05, 0.1) is 0 Å². The number of aryl methyl sites for hydroxylation is 1. The van der Waals surface area contributed by atoms with Crippen LogP contribution in [0.15, 0.2) is 18.2 Å². The predicted molar refractivity (Wildman–Crippen MR) is 87.9 cm³/mol. The summed E-state index contributed by atoms with van der Waals surface area (Å²) in [4.78, 5) is 12.0. The van der Waals surface area contributed by atoms with E-state index in [1.54, 1.807) is 6.92 Å². The van der Waals surface area contributed by atoms with Crippen molar-refractivity contribution in [3.05, 3.63) is 29.3 Å². The van der Waals surface area contributed by atoms with E-state index in [0.29, 0.717) is 5.92 Å². The molecule has 118 valence electrons. The highest BCUT2D eigenvalue weighted by Crippen LogP contribution is 2.25. The summed E-state index contributed by atoms with van der Waals surface area (Å²) in [6.07, 6.45) is 2.86. The standard InChI is InChI=1S/C18H29NO2/c1-6-7-8-11-19-18(20)15(5)21-17-12-16(13(2)3)10-9-14(17)4/h9-10,12-13,15H,6-8,11H2,1-5H3,(H,19,20). The quantitative estimate of drug-likeness (QED) is 0.729. The maximum atomic E-state index is 12.0. The molecule has 1 atom stereocenters. The van der Waals surface area contributed by atoms with E-state index in [1.165, 1.54) is 5.56 Å². The fraction of sp³-hybridized carbons (Fsp3) is 0.611. The van der Waals surface area contributed by atoms with Gasteiger partial charge >= 0.3 is 0 Å². The summed E-state index contributed by atoms with van der Waals surface area (Å²) >= 11 is 0. The molecule has 3 nitrogen and oxygen atoms in total. The largest absolute Gasteiger partial charge is 0.481 e. The van der Waals surface area contributed by atoms with Crippen molar-refractivity contribution in [1.29, 1.82) is 0 Å². The van der Waals surface area contributed by atoms with Crippen LogP contribution in [0.2, 0.25) is 0 Å². The number of nitrogens with one attached hydrogen (secondary N) is 1. The van der Waals surface area contributed by atoms with Crippen molar-refractivity contribution in [2.75, 3.05) is 6.54 Å². The monoisotopic (exact) mass is 291 g/mol. The molecule has 0 saturated carbocycles. The van der Waals surface area contributed by atoms with E-state index < -0.39 is 6.10 Å². The van der Waals surface area contributed by atoms with Gasteiger partial charge in [0, 0.05) is 6.54 Å². The third-order valence-electron chi connectivity index (χ3n) is 3.63. The third kappa shape index (κ3) is 5.78. The Balaban J connectivity index is 2.59. The molecule has 1 unspecified atom stereocenters. The molecule has 0 aliphatic rings. The highest BCUT2D eigenvalue weighted by atomic mass is 16.5. The van der Waals surface area contributed by atoms with Crippen molar-refractivity contribution in [3.63, 3.8) is 0 Å². The number of carbonyl (C=O) groups is 1. The van der Waals surface area contributed by atoms with Crippen molar-refractivity contribution in [1.82, 2.24) is 5.32 Å². The number of hydrogen-bond donors (Lipinski definition) is 1. The Bertz CT molecular complexity index is 455. The van der Waals surface area contributed by atoms with Crippen LogP contribution < -0.4 is 10.1 Å². The van der Waals surface area contributed by atoms with Crippen LogP contribution in [0.1, 0.15) is 64.0 Å². The van der Waals surface area contributed by atoms with Crippen LogP contribution in [0, 0.1) is 6.92 Å². The van der Waals surface area contributed by atoms with Crippen LogP contribution >= 0.6 is 0 Å². The van der Waals surface area contributed by atoms with Gasteiger partial charge in [-0.25, -0.2) is 0 Å². The summed E-state index contributed by atoms with van der Waals surface area (Å²) in [5.74, 6) is 1.21. The first-order valence-corrected chi connectivity index (χ1v) is 8.00. The second-order valence-corrected chi connectivity index (χ2v) is 5.94. The van der Waals surface area contributed by atoms with E-state index >= 15 is 0 Å². The minimum atomic E-state index is -0.465. The second kappa shape index (κ2) is 8.71. The zero-order chi connectivity index (χ0) is 15.8. The summed E-state index contributed by atoms with van der Waals surface area (Å²) in [7, 11) is 0. The lowest BCUT2D eigenvalue weighted by molar-refractivity contribution is -0.127. The molecule has 3 heteroatoms. The zero-order valence-corrected chi connectivity index (χ0v) is 14.0. The topological polar surface area (TPSA) is 38.3 Å². The van der Waals surface area contributed by atoms with Crippen LogP contribution in [0.4, 0.5) is 0 Å². The van der Waals surface area contributed by atoms with E-state index in [0.717, 1.165) is 37.1 Å². The van der Waals surface area contributed by atoms with E-state index in [1.807, 2.05) is 13.0 Å². The molecule has 1 aromatic carbocycles. The van der Waals surface area contributed by atoms with E-state index in [-0.39, 0.29) is 5.91 Å². The SMILES string of the molecule is CCCCCNC(=O)C(C)Oc1cc(C(C)C)ccc1C. The lowest BCUT2D eigenvalue weighted by atomic mass is 10.0. The van der Waals surface area contributed by atoms with Gasteiger partial charge in [-0.05, 0) is 43.4 Å². The molecule has 1 rings (SSSR count). The lowest BCUT2D eigenvalue weighted by Gasteiger charge is -2.18. The van der Waals surface area contributed by atoms with Crippen molar-refractivity contribution < 1.29 is 9.53 Å². The Hall–Kier alpha value is -1.51. The first-order chi connectivity index (χ1) is 9.95. The summed E-state index contributed by atoms with van der Waals surface area (Å²) < 4.78 is 5.84. The minimum absolute atomic E-state index is 0.0412. The molecule has 0 spiro atoms. The Morgan fingerprint density at radius 2 is 1.95 bits per heavy atom. The average molecular weight is 291 g/mol. The highest BCUT2D eigenvalue weighted by Gasteiger charge is 2.15. The lowest BCUT2D eigenvalue weighted by Crippen LogP contribution is -2.36. The van der Waals surface area contributed by atoms with Crippen molar-refractivity contribution >= 4 is 5.91 Å². The number of hydrogen-bond acceptors (Lipinski definition) is 2. The van der Waals surface area contributed by atoms with Gasteiger partial charge in [-0.15, -0.1) is 0 Å². The number of ether oxygens (including phenoxy) is 1. The first-order valence-electron chi connectivity index (χ1n) is 8.00. The smallest absolute Gasteiger partial charge is 0.260 e. The number of amides is 1. The molecule has 0 aliphatic carbocycles. The van der Waals surface area contributed by atoms with Gasteiger partial charge in [-0.3, -0.25) is 4.79 Å². The first kappa shape index (κ1) is 17.5. The molecule has 0 heterocycles. The molecule has 0 aromatic heterocycles. The summed E-state index contributed by atoms with van der Waals surface area (Å²) in [5.41, 5.74) is 2.29. The average Bonchev–Trinajstić information content (AvgIpc) is 2.45. The Morgan fingerprint density at radius 3 is 2.57 bits per heavy atom. The molecule has 0 radical (unpaired) electrons. The number of benzene rings is 1. The fourth-order valence-electron chi connectivity index (χ4n) is 2.08. The number of carbonyl (C=O) groups excluding carboxylic acids is 1. The molecule has 0 aliphatic heterocycles. The van der Waals surface area contributed by atoms with Gasteiger partial charge < -0.3 is 10.1 Å². The summed E-state index contributed by atoms with van der Waals surface area (Å²) in [6.45, 7) is 11.0. The predicted octanol–water partition coefficient (Wildman–Crippen LogP) is 4.19. The van der Waals surface area contributed by atoms with Crippen molar-refractivity contribution in [3.8, 4) is 5.75 Å². The molecular weight excluding hydrogens is 262 g/mol. The van der Waals surface area contributed by atoms with E-state index in [2.05, 4.69) is 38.2 Å². The van der Waals surface area contributed by atoms with Gasteiger partial charge in [0.15, 0.2) is 6.10 Å². The van der Waals surface area contributed by atoms with E-state index in [4.69, 9.17) is 4.74 Å². The Morgan fingerprint density at radius 1 is 1.24 bits per heavy atom. The van der Waals surface area contributed by atoms with E-state index in [9.17, 15) is 4.79 Å². The molecular formula is C18H29NO2. The van der Waals surface area contributed by atoms with Crippen molar-refractivity contribution in [2.45, 2.75) is 65.9 Å². The maximum Gasteiger partial charge on any atom is 0.260 e. The highest BCUT2D eigenvalue weighted by molar-refractivity contribution is 5.80. The van der Waals surface area contributed by atoms with Gasteiger partial charge in [-0.1, -0.05) is 45.7 Å². The number of rotatable bonds is 8. The molecule has 1 N–H and O–H groups in total. The molecule has 1 amide bonds. The zero-order valence-electron chi connectivity index (χ0n) is 14.0. The maximum absolute atomic E-state index is 12.0. The van der Waals surface area contributed by atoms with Gasteiger partial charge in [0.2, 0.25) is 0 Å². The molecule has 0 bridgehead atoms. The van der Waals surface area contributed by atoms with Gasteiger partial charge in [0.25, 0.3) is 5.91 Å². The van der Waals surface area contributed by atoms with Crippen LogP contribution in [0.25, 0.3) is 0 Å². The Kier molecular flexibility index (Phi) is 7.27.